The monoisotopic (exact) mass is 436 g/mol. The van der Waals surface area contributed by atoms with Crippen molar-refractivity contribution >= 4 is 23.4 Å². The van der Waals surface area contributed by atoms with Crippen LogP contribution in [0.3, 0.4) is 0 Å². The largest absolute Gasteiger partial charge is 0.463 e. The lowest BCUT2D eigenvalue weighted by atomic mass is 9.95. The van der Waals surface area contributed by atoms with Crippen LogP contribution < -0.4 is 14.9 Å². The van der Waals surface area contributed by atoms with E-state index in [1.807, 2.05) is 31.2 Å². The molecule has 0 saturated carbocycles. The Morgan fingerprint density at radius 1 is 1.19 bits per heavy atom. The highest BCUT2D eigenvalue weighted by molar-refractivity contribution is 7.07. The SMILES string of the molecule is CCOC(=O)C1=C(C)N=c2s/c(=C/c3ccccc3F)c(=O)n2[C@@H]1c1ccc(C)cc1. The number of aryl methyl sites for hydroxylation is 1. The first-order valence-electron chi connectivity index (χ1n) is 9.91. The van der Waals surface area contributed by atoms with Crippen molar-refractivity contribution in [2.24, 2.45) is 4.99 Å². The molecule has 7 heteroatoms. The number of carbonyl (C=O) groups excluding carboxylic acids is 1. The summed E-state index contributed by atoms with van der Waals surface area (Å²) in [5.74, 6) is -0.912. The number of halogens is 1. The molecular formula is C24H21FN2O3S. The fourth-order valence-corrected chi connectivity index (χ4v) is 4.63. The van der Waals surface area contributed by atoms with E-state index in [1.54, 1.807) is 32.0 Å². The third kappa shape index (κ3) is 3.88. The Morgan fingerprint density at radius 3 is 2.58 bits per heavy atom. The second-order valence-electron chi connectivity index (χ2n) is 7.23. The van der Waals surface area contributed by atoms with Gasteiger partial charge in [0.05, 0.1) is 28.5 Å². The van der Waals surface area contributed by atoms with Crippen molar-refractivity contribution in [1.82, 2.24) is 4.57 Å². The molecule has 5 nitrogen and oxygen atoms in total. The number of carbonyl (C=O) groups is 1. The van der Waals surface area contributed by atoms with Crippen molar-refractivity contribution < 1.29 is 13.9 Å². The molecular weight excluding hydrogens is 415 g/mol. The average molecular weight is 437 g/mol. The van der Waals surface area contributed by atoms with Crippen LogP contribution in [-0.4, -0.2) is 17.1 Å². The fraction of sp³-hybridized carbons (Fsp3) is 0.208. The van der Waals surface area contributed by atoms with Gasteiger partial charge in [-0.3, -0.25) is 9.36 Å². The Labute approximate surface area is 182 Å². The van der Waals surface area contributed by atoms with Crippen molar-refractivity contribution in [2.45, 2.75) is 26.8 Å². The van der Waals surface area contributed by atoms with Gasteiger partial charge in [0.25, 0.3) is 5.56 Å². The Hall–Kier alpha value is -3.32. The van der Waals surface area contributed by atoms with Gasteiger partial charge in [0.1, 0.15) is 5.82 Å². The standard InChI is InChI=1S/C24H21FN2O3S/c1-4-30-23(29)20-15(3)26-24-27(21(20)16-11-9-14(2)10-12-16)22(28)19(31-24)13-17-7-5-6-8-18(17)25/h5-13,21H,4H2,1-3H3/b19-13+/t21-/m1/s1. The molecule has 0 saturated heterocycles. The number of rotatable bonds is 4. The zero-order valence-electron chi connectivity index (χ0n) is 17.4. The summed E-state index contributed by atoms with van der Waals surface area (Å²) < 4.78 is 21.3. The first kappa shape index (κ1) is 20.9. The molecule has 1 aromatic heterocycles. The lowest BCUT2D eigenvalue weighted by Gasteiger charge is -2.24. The number of thiazole rings is 1. The first-order chi connectivity index (χ1) is 14.9. The summed E-state index contributed by atoms with van der Waals surface area (Å²) in [6, 6.07) is 13.3. The molecule has 0 fully saturated rings. The van der Waals surface area contributed by atoms with Gasteiger partial charge in [-0.05, 0) is 38.5 Å². The molecule has 4 rings (SSSR count). The number of fused-ring (bicyclic) bond motifs is 1. The van der Waals surface area contributed by atoms with Crippen LogP contribution >= 0.6 is 11.3 Å². The molecule has 0 radical (unpaired) electrons. The minimum absolute atomic E-state index is 0.216. The van der Waals surface area contributed by atoms with Crippen molar-refractivity contribution in [1.29, 1.82) is 0 Å². The number of benzene rings is 2. The molecule has 2 heterocycles. The topological polar surface area (TPSA) is 60.7 Å². The van der Waals surface area contributed by atoms with Gasteiger partial charge in [-0.1, -0.05) is 59.4 Å². The van der Waals surface area contributed by atoms with E-state index in [0.717, 1.165) is 11.1 Å². The van der Waals surface area contributed by atoms with Crippen LogP contribution in [0.5, 0.6) is 0 Å². The molecule has 1 aliphatic heterocycles. The number of nitrogens with zero attached hydrogens (tertiary/aromatic N) is 2. The second-order valence-corrected chi connectivity index (χ2v) is 8.24. The summed E-state index contributed by atoms with van der Waals surface area (Å²) in [7, 11) is 0. The van der Waals surface area contributed by atoms with E-state index in [2.05, 4.69) is 4.99 Å². The van der Waals surface area contributed by atoms with Gasteiger partial charge in [-0.15, -0.1) is 0 Å². The third-order valence-electron chi connectivity index (χ3n) is 5.10. The van der Waals surface area contributed by atoms with Gasteiger partial charge < -0.3 is 4.74 Å². The average Bonchev–Trinajstić information content (AvgIpc) is 3.04. The van der Waals surface area contributed by atoms with Gasteiger partial charge >= 0.3 is 5.97 Å². The van der Waals surface area contributed by atoms with E-state index in [4.69, 9.17) is 4.74 Å². The highest BCUT2D eigenvalue weighted by Gasteiger charge is 2.33. The lowest BCUT2D eigenvalue weighted by molar-refractivity contribution is -0.139. The molecule has 0 bridgehead atoms. The quantitative estimate of drug-likeness (QED) is 0.590. The minimum atomic E-state index is -0.668. The zero-order chi connectivity index (χ0) is 22.1. The molecule has 3 aromatic rings. The van der Waals surface area contributed by atoms with Gasteiger partial charge in [0.15, 0.2) is 4.80 Å². The normalized spacial score (nSPS) is 16.1. The highest BCUT2D eigenvalue weighted by Crippen LogP contribution is 2.30. The molecule has 2 aromatic carbocycles. The number of hydrogen-bond acceptors (Lipinski definition) is 5. The first-order valence-corrected chi connectivity index (χ1v) is 10.7. The maximum absolute atomic E-state index is 14.2. The summed E-state index contributed by atoms with van der Waals surface area (Å²) in [5.41, 5.74) is 2.67. The molecule has 0 spiro atoms. The third-order valence-corrected chi connectivity index (χ3v) is 6.08. The maximum Gasteiger partial charge on any atom is 0.338 e. The number of esters is 1. The Kier molecular flexibility index (Phi) is 5.69. The van der Waals surface area contributed by atoms with Crippen molar-refractivity contribution in [3.63, 3.8) is 0 Å². The lowest BCUT2D eigenvalue weighted by Crippen LogP contribution is -2.39. The van der Waals surface area contributed by atoms with E-state index in [1.165, 1.54) is 28.0 Å². The van der Waals surface area contributed by atoms with E-state index in [0.29, 0.717) is 26.2 Å². The van der Waals surface area contributed by atoms with Crippen LogP contribution in [-0.2, 0) is 9.53 Å². The molecule has 0 amide bonds. The predicted molar refractivity (Wildman–Crippen MR) is 118 cm³/mol. The van der Waals surface area contributed by atoms with E-state index in [-0.39, 0.29) is 12.2 Å². The predicted octanol–water partition coefficient (Wildman–Crippen LogP) is 3.25. The van der Waals surface area contributed by atoms with Crippen LogP contribution in [0.1, 0.15) is 36.6 Å². The summed E-state index contributed by atoms with van der Waals surface area (Å²) >= 11 is 1.17. The molecule has 0 aliphatic carbocycles. The van der Waals surface area contributed by atoms with Crippen molar-refractivity contribution in [3.8, 4) is 0 Å². The van der Waals surface area contributed by atoms with Crippen molar-refractivity contribution in [2.75, 3.05) is 6.61 Å². The van der Waals surface area contributed by atoms with Crippen LogP contribution in [0.2, 0.25) is 0 Å². The number of hydrogen-bond donors (Lipinski definition) is 0. The molecule has 158 valence electrons. The molecule has 0 unspecified atom stereocenters. The van der Waals surface area contributed by atoms with Gasteiger partial charge in [-0.2, -0.15) is 0 Å². The van der Waals surface area contributed by atoms with Crippen LogP contribution in [0.4, 0.5) is 4.39 Å². The zero-order valence-corrected chi connectivity index (χ0v) is 18.2. The highest BCUT2D eigenvalue weighted by atomic mass is 32.1. The smallest absolute Gasteiger partial charge is 0.338 e. The summed E-state index contributed by atoms with van der Waals surface area (Å²) in [4.78, 5) is 31.2. The van der Waals surface area contributed by atoms with Gasteiger partial charge in [-0.25, -0.2) is 14.2 Å². The second kappa shape index (κ2) is 8.43. The number of aromatic nitrogens is 1. The van der Waals surface area contributed by atoms with Crippen LogP contribution in [0, 0.1) is 12.7 Å². The Morgan fingerprint density at radius 2 is 1.90 bits per heavy atom. The summed E-state index contributed by atoms with van der Waals surface area (Å²) in [6.45, 7) is 5.66. The number of allylic oxidation sites excluding steroid dienone is 1. The van der Waals surface area contributed by atoms with Crippen LogP contribution in [0.25, 0.3) is 6.08 Å². The van der Waals surface area contributed by atoms with E-state index >= 15 is 0 Å². The number of ether oxygens (including phenoxy) is 1. The van der Waals surface area contributed by atoms with Gasteiger partial charge in [0.2, 0.25) is 0 Å². The fourth-order valence-electron chi connectivity index (χ4n) is 3.59. The molecule has 1 atom stereocenters. The minimum Gasteiger partial charge on any atom is -0.463 e. The molecule has 31 heavy (non-hydrogen) atoms. The Balaban J connectivity index is 1.97. The summed E-state index contributed by atoms with van der Waals surface area (Å²) in [5, 5.41) is 0. The summed E-state index contributed by atoms with van der Waals surface area (Å²) in [6.07, 6.45) is 1.52. The van der Waals surface area contributed by atoms with Crippen LogP contribution in [0.15, 0.2) is 69.6 Å². The molecule has 1 aliphatic rings. The van der Waals surface area contributed by atoms with E-state index in [9.17, 15) is 14.0 Å². The van der Waals surface area contributed by atoms with E-state index < -0.39 is 17.8 Å². The maximum atomic E-state index is 14.2. The molecule has 0 N–H and O–H groups in total. The van der Waals surface area contributed by atoms with Crippen molar-refractivity contribution in [3.05, 3.63) is 102 Å². The Bertz CT molecular complexity index is 1370. The van der Waals surface area contributed by atoms with Gasteiger partial charge in [0, 0.05) is 5.56 Å².